The van der Waals surface area contributed by atoms with Gasteiger partial charge in [0.25, 0.3) is 11.6 Å². The normalized spacial score (nSPS) is 21.7. The molecule has 1 aromatic carbocycles. The monoisotopic (exact) mass is 361 g/mol. The fourth-order valence-corrected chi connectivity index (χ4v) is 4.11. The number of carbonyl (C=O) groups excluding carboxylic acids is 1. The van der Waals surface area contributed by atoms with Gasteiger partial charge in [-0.25, -0.2) is 0 Å². The second-order valence-electron chi connectivity index (χ2n) is 7.33. The van der Waals surface area contributed by atoms with E-state index in [9.17, 15) is 14.9 Å². The van der Waals surface area contributed by atoms with Gasteiger partial charge in [-0.1, -0.05) is 6.92 Å². The third kappa shape index (κ3) is 4.33. The van der Waals surface area contributed by atoms with Crippen LogP contribution in [0.2, 0.25) is 0 Å². The Morgan fingerprint density at radius 3 is 2.50 bits per heavy atom. The molecule has 7 nitrogen and oxygen atoms in total. The lowest BCUT2D eigenvalue weighted by molar-refractivity contribution is -0.892. The largest absolute Gasteiger partial charge is 0.360 e. The van der Waals surface area contributed by atoms with Crippen LogP contribution in [0, 0.1) is 10.1 Å². The minimum absolute atomic E-state index is 0.121. The molecule has 0 radical (unpaired) electrons. The molecular weight excluding hydrogens is 332 g/mol. The van der Waals surface area contributed by atoms with Crippen molar-refractivity contribution >= 4 is 17.3 Å². The SMILES string of the molecule is CC[C@@H]1CCCCN1C(=O)C[NH+]1CCN(c2ccc([N+](=O)[O-])cc2)CC1. The standard InChI is InChI=1S/C19H28N4O3/c1-2-16-5-3-4-10-22(16)19(24)15-20-11-13-21(14-12-20)17-6-8-18(9-7-17)23(25)26/h6-9,16H,2-5,10-15H2,1H3/p+1/t16-/m1/s1. The number of piperazine rings is 1. The quantitative estimate of drug-likeness (QED) is 0.630. The number of rotatable bonds is 5. The van der Waals surface area contributed by atoms with Gasteiger partial charge in [0.15, 0.2) is 6.54 Å². The second kappa shape index (κ2) is 8.49. The zero-order valence-corrected chi connectivity index (χ0v) is 15.5. The molecule has 2 fully saturated rings. The van der Waals surface area contributed by atoms with Crippen molar-refractivity contribution in [2.24, 2.45) is 0 Å². The minimum atomic E-state index is -0.373. The molecule has 2 aliphatic rings. The highest BCUT2D eigenvalue weighted by Gasteiger charge is 2.29. The number of amides is 1. The van der Waals surface area contributed by atoms with Gasteiger partial charge in [0.1, 0.15) is 0 Å². The number of nitro benzene ring substituents is 1. The molecule has 1 atom stereocenters. The minimum Gasteiger partial charge on any atom is -0.360 e. The summed E-state index contributed by atoms with van der Waals surface area (Å²) in [6, 6.07) is 7.16. The van der Waals surface area contributed by atoms with E-state index in [1.165, 1.54) is 11.3 Å². The van der Waals surface area contributed by atoms with E-state index in [2.05, 4.69) is 16.7 Å². The zero-order chi connectivity index (χ0) is 18.5. The maximum absolute atomic E-state index is 12.7. The smallest absolute Gasteiger partial charge is 0.278 e. The lowest BCUT2D eigenvalue weighted by Gasteiger charge is -2.37. The van der Waals surface area contributed by atoms with Crippen LogP contribution in [-0.4, -0.2) is 61.0 Å². The van der Waals surface area contributed by atoms with E-state index in [1.54, 1.807) is 12.1 Å². The molecule has 0 aromatic heterocycles. The molecule has 1 N–H and O–H groups in total. The fourth-order valence-electron chi connectivity index (χ4n) is 4.11. The van der Waals surface area contributed by atoms with Gasteiger partial charge < -0.3 is 14.7 Å². The number of likely N-dealkylation sites (tertiary alicyclic amines) is 1. The summed E-state index contributed by atoms with van der Waals surface area (Å²) >= 11 is 0. The number of hydrogen-bond acceptors (Lipinski definition) is 4. The molecule has 1 amide bonds. The Bertz CT molecular complexity index is 626. The molecule has 0 unspecified atom stereocenters. The summed E-state index contributed by atoms with van der Waals surface area (Å²) in [4.78, 5) is 28.8. The van der Waals surface area contributed by atoms with E-state index in [-0.39, 0.29) is 10.6 Å². The van der Waals surface area contributed by atoms with E-state index >= 15 is 0 Å². The molecule has 2 saturated heterocycles. The van der Waals surface area contributed by atoms with E-state index in [0.29, 0.717) is 18.5 Å². The van der Waals surface area contributed by atoms with Crippen LogP contribution in [-0.2, 0) is 4.79 Å². The molecular formula is C19H29N4O3+. The van der Waals surface area contributed by atoms with Crippen LogP contribution in [0.3, 0.4) is 0 Å². The van der Waals surface area contributed by atoms with Gasteiger partial charge in [0, 0.05) is 30.4 Å². The van der Waals surface area contributed by atoms with Gasteiger partial charge in [-0.3, -0.25) is 14.9 Å². The highest BCUT2D eigenvalue weighted by molar-refractivity contribution is 5.77. The van der Waals surface area contributed by atoms with Gasteiger partial charge in [-0.15, -0.1) is 0 Å². The van der Waals surface area contributed by atoms with Crippen molar-refractivity contribution in [1.29, 1.82) is 0 Å². The lowest BCUT2D eigenvalue weighted by atomic mass is 10.00. The Morgan fingerprint density at radius 2 is 1.88 bits per heavy atom. The van der Waals surface area contributed by atoms with Crippen LogP contribution < -0.4 is 9.80 Å². The number of benzene rings is 1. The fraction of sp³-hybridized carbons (Fsp3) is 0.632. The predicted octanol–water partition coefficient (Wildman–Crippen LogP) is 1.09. The third-order valence-electron chi connectivity index (χ3n) is 5.72. The van der Waals surface area contributed by atoms with Crippen LogP contribution in [0.1, 0.15) is 32.6 Å². The molecule has 0 aliphatic carbocycles. The highest BCUT2D eigenvalue weighted by Crippen LogP contribution is 2.20. The molecule has 2 heterocycles. The number of nitro groups is 1. The van der Waals surface area contributed by atoms with E-state index in [1.807, 2.05) is 12.1 Å². The van der Waals surface area contributed by atoms with Gasteiger partial charge in [-0.05, 0) is 37.8 Å². The van der Waals surface area contributed by atoms with Gasteiger partial charge >= 0.3 is 0 Å². The summed E-state index contributed by atoms with van der Waals surface area (Å²) < 4.78 is 0. The molecule has 0 saturated carbocycles. The molecule has 142 valence electrons. The number of nitrogens with one attached hydrogen (secondary N) is 1. The number of piperidine rings is 1. The molecule has 0 bridgehead atoms. The summed E-state index contributed by atoms with van der Waals surface area (Å²) in [6.07, 6.45) is 4.56. The number of quaternary nitrogens is 1. The van der Waals surface area contributed by atoms with Crippen molar-refractivity contribution in [2.75, 3.05) is 44.2 Å². The highest BCUT2D eigenvalue weighted by atomic mass is 16.6. The van der Waals surface area contributed by atoms with Crippen LogP contribution in [0.25, 0.3) is 0 Å². The lowest BCUT2D eigenvalue weighted by Crippen LogP contribution is -3.16. The summed E-state index contributed by atoms with van der Waals surface area (Å²) in [7, 11) is 0. The first-order valence-electron chi connectivity index (χ1n) is 9.71. The van der Waals surface area contributed by atoms with Crippen molar-refractivity contribution in [3.63, 3.8) is 0 Å². The van der Waals surface area contributed by atoms with E-state index in [4.69, 9.17) is 0 Å². The average Bonchev–Trinajstić information content (AvgIpc) is 2.68. The maximum atomic E-state index is 12.7. The summed E-state index contributed by atoms with van der Waals surface area (Å²) in [6.45, 7) is 7.27. The number of anilines is 1. The molecule has 3 rings (SSSR count). The van der Waals surface area contributed by atoms with Crippen molar-refractivity contribution in [1.82, 2.24) is 4.90 Å². The first-order valence-corrected chi connectivity index (χ1v) is 9.71. The second-order valence-corrected chi connectivity index (χ2v) is 7.33. The van der Waals surface area contributed by atoms with Crippen LogP contribution in [0.15, 0.2) is 24.3 Å². The molecule has 2 aliphatic heterocycles. The number of carbonyl (C=O) groups is 1. The van der Waals surface area contributed by atoms with E-state index in [0.717, 1.165) is 57.7 Å². The van der Waals surface area contributed by atoms with Crippen molar-refractivity contribution < 1.29 is 14.6 Å². The van der Waals surface area contributed by atoms with Gasteiger partial charge in [0.05, 0.1) is 31.1 Å². The predicted molar refractivity (Wildman–Crippen MR) is 101 cm³/mol. The summed E-state index contributed by atoms with van der Waals surface area (Å²) in [5, 5.41) is 10.8. The molecule has 26 heavy (non-hydrogen) atoms. The zero-order valence-electron chi connectivity index (χ0n) is 15.5. The van der Waals surface area contributed by atoms with Crippen LogP contribution in [0.5, 0.6) is 0 Å². The Balaban J connectivity index is 1.50. The van der Waals surface area contributed by atoms with Crippen molar-refractivity contribution in [3.8, 4) is 0 Å². The van der Waals surface area contributed by atoms with Gasteiger partial charge in [-0.2, -0.15) is 0 Å². The summed E-state index contributed by atoms with van der Waals surface area (Å²) in [5.41, 5.74) is 1.14. The Kier molecular flexibility index (Phi) is 6.08. The topological polar surface area (TPSA) is 71.1 Å². The number of nitrogens with zero attached hydrogens (tertiary/aromatic N) is 3. The Hall–Kier alpha value is -2.15. The van der Waals surface area contributed by atoms with Crippen molar-refractivity contribution in [3.05, 3.63) is 34.4 Å². The molecule has 7 heteroatoms. The molecule has 0 spiro atoms. The van der Waals surface area contributed by atoms with Crippen molar-refractivity contribution in [2.45, 2.75) is 38.6 Å². The Morgan fingerprint density at radius 1 is 1.19 bits per heavy atom. The first-order chi connectivity index (χ1) is 12.6. The average molecular weight is 361 g/mol. The third-order valence-corrected chi connectivity index (χ3v) is 5.72. The maximum Gasteiger partial charge on any atom is 0.278 e. The Labute approximate surface area is 154 Å². The number of hydrogen-bond donors (Lipinski definition) is 1. The van der Waals surface area contributed by atoms with Gasteiger partial charge in [0.2, 0.25) is 0 Å². The van der Waals surface area contributed by atoms with Crippen LogP contribution in [0.4, 0.5) is 11.4 Å². The first kappa shape index (κ1) is 18.6. The van der Waals surface area contributed by atoms with Crippen LogP contribution >= 0.6 is 0 Å². The van der Waals surface area contributed by atoms with E-state index < -0.39 is 0 Å². The number of non-ortho nitro benzene ring substituents is 1. The summed E-state index contributed by atoms with van der Waals surface area (Å²) in [5.74, 6) is 0.301. The molecule has 1 aromatic rings.